The first kappa shape index (κ1) is 28.3. The molecule has 0 aliphatic heterocycles. The van der Waals surface area contributed by atoms with Gasteiger partial charge < -0.3 is 5.32 Å². The summed E-state index contributed by atoms with van der Waals surface area (Å²) in [5.74, 6) is -0.923. The summed E-state index contributed by atoms with van der Waals surface area (Å²) in [6, 6.07) is 17.3. The van der Waals surface area contributed by atoms with Crippen LogP contribution in [0, 0.1) is 23.7 Å². The number of ketones is 2. The summed E-state index contributed by atoms with van der Waals surface area (Å²) < 4.78 is 41.7. The normalized spacial score (nSPS) is 19.3. The van der Waals surface area contributed by atoms with Crippen LogP contribution in [0.1, 0.15) is 65.9 Å². The molecule has 3 unspecified atom stereocenters. The molecule has 206 valence electrons. The Bertz CT molecular complexity index is 1300. The number of rotatable bonds is 10. The van der Waals surface area contributed by atoms with Gasteiger partial charge in [0, 0.05) is 36.6 Å². The summed E-state index contributed by atoms with van der Waals surface area (Å²) in [4.78, 5) is 38.8. The highest BCUT2D eigenvalue weighted by atomic mass is 19.4. The molecular weight excluding hydrogens is 507 g/mol. The van der Waals surface area contributed by atoms with Crippen LogP contribution in [-0.2, 0) is 11.0 Å². The van der Waals surface area contributed by atoms with Crippen LogP contribution in [0.5, 0.6) is 0 Å². The lowest BCUT2D eigenvalue weighted by Gasteiger charge is -2.21. The summed E-state index contributed by atoms with van der Waals surface area (Å²) >= 11 is 0. The van der Waals surface area contributed by atoms with Gasteiger partial charge in [-0.25, -0.2) is 4.68 Å². The van der Waals surface area contributed by atoms with Crippen molar-refractivity contribution in [1.29, 1.82) is 0 Å². The minimum Gasteiger partial charge on any atom is -0.352 e. The molecule has 6 nitrogen and oxygen atoms in total. The number of alkyl halides is 3. The van der Waals surface area contributed by atoms with Crippen molar-refractivity contribution in [2.45, 2.75) is 45.7 Å². The molecule has 9 heteroatoms. The Labute approximate surface area is 225 Å². The number of hydrogen-bond acceptors (Lipinski definition) is 4. The maximum Gasteiger partial charge on any atom is 0.435 e. The Hall–Kier alpha value is -3.75. The zero-order valence-electron chi connectivity index (χ0n) is 21.9. The first-order valence-electron chi connectivity index (χ1n) is 13.2. The van der Waals surface area contributed by atoms with Gasteiger partial charge in [-0.3, -0.25) is 14.4 Å². The maximum absolute atomic E-state index is 13.6. The largest absolute Gasteiger partial charge is 0.435 e. The molecule has 4 rings (SSSR count). The van der Waals surface area contributed by atoms with E-state index in [1.54, 1.807) is 42.5 Å². The van der Waals surface area contributed by atoms with Gasteiger partial charge in [0.25, 0.3) is 5.91 Å². The fourth-order valence-electron chi connectivity index (χ4n) is 5.41. The third kappa shape index (κ3) is 6.64. The van der Waals surface area contributed by atoms with Crippen molar-refractivity contribution in [3.8, 4) is 5.69 Å². The Morgan fingerprint density at radius 1 is 1.00 bits per heavy atom. The molecule has 1 heterocycles. The first-order chi connectivity index (χ1) is 18.6. The molecule has 0 bridgehead atoms. The van der Waals surface area contributed by atoms with Crippen molar-refractivity contribution in [3.05, 3.63) is 83.7 Å². The Kier molecular flexibility index (Phi) is 8.67. The number of hydrogen-bond donors (Lipinski definition) is 1. The number of para-hydroxylation sites is 1. The number of halogens is 3. The molecule has 1 fully saturated rings. The number of nitrogens with zero attached hydrogens (tertiary/aromatic N) is 2. The van der Waals surface area contributed by atoms with E-state index in [0.29, 0.717) is 30.5 Å². The molecule has 3 aromatic rings. The van der Waals surface area contributed by atoms with Crippen LogP contribution in [0.25, 0.3) is 5.69 Å². The standard InChI is InChI=1S/C30H32F3N3O3/c1-19(2)23-16-21(17-24(23)27(38)20-10-5-3-6-11-20)26(37)14-9-15-34-29(39)25-18-36(22-12-7-4-8-13-22)35-28(25)30(31,32)33/h3-8,10-13,18-19,21,23-24H,9,14-17H2,1-2H3,(H,34,39). The number of Topliss-reactive ketones (excluding diaryl/α,β-unsaturated/α-hetero) is 2. The third-order valence-corrected chi connectivity index (χ3v) is 7.45. The molecule has 0 saturated heterocycles. The highest BCUT2D eigenvalue weighted by Gasteiger charge is 2.42. The average Bonchev–Trinajstić information content (AvgIpc) is 3.58. The van der Waals surface area contributed by atoms with Gasteiger partial charge in [-0.15, -0.1) is 0 Å². The SMILES string of the molecule is CC(C)C1CC(C(=O)CCCNC(=O)c2cn(-c3ccccc3)nc2C(F)(F)F)CC1C(=O)c1ccccc1. The van der Waals surface area contributed by atoms with Gasteiger partial charge in [-0.2, -0.15) is 18.3 Å². The van der Waals surface area contributed by atoms with E-state index in [2.05, 4.69) is 24.3 Å². The monoisotopic (exact) mass is 539 g/mol. The summed E-state index contributed by atoms with van der Waals surface area (Å²) in [5.41, 5.74) is -0.791. The number of carbonyl (C=O) groups is 3. The third-order valence-electron chi connectivity index (χ3n) is 7.45. The van der Waals surface area contributed by atoms with Crippen LogP contribution in [0.2, 0.25) is 0 Å². The summed E-state index contributed by atoms with van der Waals surface area (Å²) in [7, 11) is 0. The Morgan fingerprint density at radius 2 is 1.64 bits per heavy atom. The van der Waals surface area contributed by atoms with E-state index >= 15 is 0 Å². The minimum absolute atomic E-state index is 0.0196. The van der Waals surface area contributed by atoms with Crippen molar-refractivity contribution >= 4 is 17.5 Å². The lowest BCUT2D eigenvalue weighted by Crippen LogP contribution is -2.27. The average molecular weight is 540 g/mol. The fourth-order valence-corrected chi connectivity index (χ4v) is 5.41. The molecule has 1 aliphatic carbocycles. The second kappa shape index (κ2) is 12.0. The molecule has 0 spiro atoms. The highest BCUT2D eigenvalue weighted by molar-refractivity contribution is 5.99. The van der Waals surface area contributed by atoms with Gasteiger partial charge in [0.2, 0.25) is 0 Å². The van der Waals surface area contributed by atoms with Gasteiger partial charge in [0.1, 0.15) is 5.78 Å². The summed E-state index contributed by atoms with van der Waals surface area (Å²) in [6.07, 6.45) is -2.13. The number of carbonyl (C=O) groups excluding carboxylic acids is 3. The van der Waals surface area contributed by atoms with Crippen LogP contribution in [0.3, 0.4) is 0 Å². The zero-order chi connectivity index (χ0) is 28.2. The second-order valence-electron chi connectivity index (χ2n) is 10.4. The van der Waals surface area contributed by atoms with E-state index in [-0.39, 0.29) is 48.2 Å². The van der Waals surface area contributed by atoms with Crippen molar-refractivity contribution in [1.82, 2.24) is 15.1 Å². The van der Waals surface area contributed by atoms with Crippen molar-refractivity contribution < 1.29 is 27.6 Å². The molecule has 1 N–H and O–H groups in total. The molecule has 0 radical (unpaired) electrons. The van der Waals surface area contributed by atoms with E-state index in [1.807, 2.05) is 18.2 Å². The van der Waals surface area contributed by atoms with Crippen molar-refractivity contribution in [2.75, 3.05) is 6.54 Å². The number of aromatic nitrogens is 2. The van der Waals surface area contributed by atoms with Crippen molar-refractivity contribution in [2.24, 2.45) is 23.7 Å². The van der Waals surface area contributed by atoms with Crippen molar-refractivity contribution in [3.63, 3.8) is 0 Å². The highest BCUT2D eigenvalue weighted by Crippen LogP contribution is 2.43. The van der Waals surface area contributed by atoms with E-state index in [4.69, 9.17) is 0 Å². The topological polar surface area (TPSA) is 81.1 Å². The predicted molar refractivity (Wildman–Crippen MR) is 140 cm³/mol. The molecule has 2 aromatic carbocycles. The van der Waals surface area contributed by atoms with Crippen LogP contribution >= 0.6 is 0 Å². The smallest absolute Gasteiger partial charge is 0.352 e. The minimum atomic E-state index is -4.80. The number of amides is 1. The van der Waals surface area contributed by atoms with Gasteiger partial charge in [0.05, 0.1) is 11.3 Å². The second-order valence-corrected chi connectivity index (χ2v) is 10.4. The predicted octanol–water partition coefficient (Wildman–Crippen LogP) is 6.15. The maximum atomic E-state index is 13.6. The lowest BCUT2D eigenvalue weighted by atomic mass is 9.82. The molecule has 39 heavy (non-hydrogen) atoms. The van der Waals surface area contributed by atoms with Gasteiger partial charge in [-0.1, -0.05) is 62.4 Å². The molecule has 1 aromatic heterocycles. The van der Waals surface area contributed by atoms with Gasteiger partial charge >= 0.3 is 6.18 Å². The summed E-state index contributed by atoms with van der Waals surface area (Å²) in [5, 5.41) is 6.09. The first-order valence-corrected chi connectivity index (χ1v) is 13.2. The van der Waals surface area contributed by atoms with Crippen LogP contribution in [-0.4, -0.2) is 33.8 Å². The number of benzene rings is 2. The zero-order valence-corrected chi connectivity index (χ0v) is 21.9. The Balaban J connectivity index is 1.34. The van der Waals surface area contributed by atoms with Crippen LogP contribution in [0.4, 0.5) is 13.2 Å². The fraction of sp³-hybridized carbons (Fsp3) is 0.400. The lowest BCUT2D eigenvalue weighted by molar-refractivity contribution is -0.141. The molecule has 1 amide bonds. The number of nitrogens with one attached hydrogen (secondary N) is 1. The van der Waals surface area contributed by atoms with Crippen LogP contribution in [0.15, 0.2) is 66.9 Å². The van der Waals surface area contributed by atoms with E-state index in [1.165, 1.54) is 0 Å². The molecule has 3 atom stereocenters. The molecule has 1 saturated carbocycles. The quantitative estimate of drug-likeness (QED) is 0.248. The van der Waals surface area contributed by atoms with Gasteiger partial charge in [-0.05, 0) is 43.2 Å². The van der Waals surface area contributed by atoms with E-state index < -0.39 is 23.3 Å². The van der Waals surface area contributed by atoms with E-state index in [9.17, 15) is 27.6 Å². The van der Waals surface area contributed by atoms with Crippen LogP contribution < -0.4 is 5.32 Å². The van der Waals surface area contributed by atoms with E-state index in [0.717, 1.165) is 10.9 Å². The Morgan fingerprint density at radius 3 is 2.26 bits per heavy atom. The molecular formula is C30H32F3N3O3. The summed E-state index contributed by atoms with van der Waals surface area (Å²) in [6.45, 7) is 4.17. The van der Waals surface area contributed by atoms with Gasteiger partial charge in [0.15, 0.2) is 11.5 Å². The molecule has 1 aliphatic rings.